The Balaban J connectivity index is 2.85. The smallest absolute Gasteiger partial charge is 0.311 e. The van der Waals surface area contributed by atoms with Crippen LogP contribution >= 0.6 is 0 Å². The lowest BCUT2D eigenvalue weighted by atomic mass is 9.87. The fraction of sp³-hybridized carbons (Fsp3) is 0.462. The molecular weight excluding hydrogens is 221 g/mol. The highest BCUT2D eigenvalue weighted by Crippen LogP contribution is 2.25. The molecule has 0 spiro atoms. The minimum atomic E-state index is -0.830. The Labute approximate surface area is 101 Å². The predicted molar refractivity (Wildman–Crippen MR) is 65.7 cm³/mol. The van der Waals surface area contributed by atoms with E-state index in [9.17, 15) is 14.3 Å². The first kappa shape index (κ1) is 13.5. The number of carboxylic acids is 1. The molecule has 0 amide bonds. The number of hydrogen-bond acceptors (Lipinski definition) is 2. The third-order valence-electron chi connectivity index (χ3n) is 3.13. The third kappa shape index (κ3) is 3.19. The van der Waals surface area contributed by atoms with Gasteiger partial charge in [0.2, 0.25) is 0 Å². The summed E-state index contributed by atoms with van der Waals surface area (Å²) in [5.41, 5.74) is -0.132. The molecule has 1 N–H and O–H groups in total. The minimum Gasteiger partial charge on any atom is -0.481 e. The Morgan fingerprint density at radius 3 is 2.65 bits per heavy atom. The van der Waals surface area contributed by atoms with E-state index in [1.165, 1.54) is 12.1 Å². The van der Waals surface area contributed by atoms with Gasteiger partial charge in [-0.3, -0.25) is 4.79 Å². The number of nitrogens with zero attached hydrogens (tertiary/aromatic N) is 1. The van der Waals surface area contributed by atoms with Gasteiger partial charge >= 0.3 is 5.97 Å². The number of hydrogen-bond donors (Lipinski definition) is 1. The summed E-state index contributed by atoms with van der Waals surface area (Å²) >= 11 is 0. The number of carboxylic acid groups (broad SMARTS) is 1. The molecular formula is C13H18FNO2. The fourth-order valence-corrected chi connectivity index (χ4v) is 1.66. The Bertz CT molecular complexity index is 408. The second-order valence-electron chi connectivity index (χ2n) is 4.56. The van der Waals surface area contributed by atoms with Gasteiger partial charge in [-0.25, -0.2) is 4.39 Å². The molecule has 0 aromatic heterocycles. The first-order chi connectivity index (χ1) is 7.89. The number of anilines is 1. The summed E-state index contributed by atoms with van der Waals surface area (Å²) in [7, 11) is 1.77. The van der Waals surface area contributed by atoms with Gasteiger partial charge in [0.05, 0.1) is 5.41 Å². The van der Waals surface area contributed by atoms with Gasteiger partial charge in [0, 0.05) is 19.3 Å². The van der Waals surface area contributed by atoms with Crippen LogP contribution in [0.1, 0.15) is 20.3 Å². The average molecular weight is 239 g/mol. The zero-order valence-corrected chi connectivity index (χ0v) is 10.4. The average Bonchev–Trinajstić information content (AvgIpc) is 2.28. The van der Waals surface area contributed by atoms with E-state index in [0.717, 1.165) is 0 Å². The lowest BCUT2D eigenvalue weighted by molar-refractivity contribution is -0.147. The van der Waals surface area contributed by atoms with Crippen molar-refractivity contribution >= 4 is 11.7 Å². The Kier molecular flexibility index (Phi) is 4.10. The predicted octanol–water partition coefficient (Wildman–Crippen LogP) is 2.76. The molecule has 0 fully saturated rings. The van der Waals surface area contributed by atoms with Crippen molar-refractivity contribution in [2.75, 3.05) is 18.5 Å². The maximum absolute atomic E-state index is 13.1. The monoisotopic (exact) mass is 239 g/mol. The third-order valence-corrected chi connectivity index (χ3v) is 3.13. The van der Waals surface area contributed by atoms with Crippen LogP contribution in [0.5, 0.6) is 0 Å². The maximum Gasteiger partial charge on any atom is 0.311 e. The van der Waals surface area contributed by atoms with Gasteiger partial charge in [-0.1, -0.05) is 13.0 Å². The molecule has 17 heavy (non-hydrogen) atoms. The standard InChI is InChI=1S/C13H18FNO2/c1-4-13(2,12(16)17)9-15(3)11-7-5-6-10(14)8-11/h5-8H,4,9H2,1-3H3,(H,16,17). The summed E-state index contributed by atoms with van der Waals surface area (Å²) in [5.74, 6) is -1.15. The van der Waals surface area contributed by atoms with Crippen molar-refractivity contribution in [2.24, 2.45) is 5.41 Å². The van der Waals surface area contributed by atoms with Gasteiger partial charge in [0.1, 0.15) is 5.82 Å². The molecule has 1 atom stereocenters. The molecule has 1 unspecified atom stereocenters. The highest BCUT2D eigenvalue weighted by molar-refractivity contribution is 5.75. The van der Waals surface area contributed by atoms with Crippen LogP contribution in [0, 0.1) is 11.2 Å². The van der Waals surface area contributed by atoms with E-state index in [-0.39, 0.29) is 5.82 Å². The Morgan fingerprint density at radius 2 is 2.18 bits per heavy atom. The quantitative estimate of drug-likeness (QED) is 0.859. The first-order valence-corrected chi connectivity index (χ1v) is 5.59. The van der Waals surface area contributed by atoms with E-state index in [1.807, 2.05) is 6.92 Å². The molecule has 94 valence electrons. The van der Waals surface area contributed by atoms with Gasteiger partial charge in [0.15, 0.2) is 0 Å². The van der Waals surface area contributed by atoms with E-state index >= 15 is 0 Å². The summed E-state index contributed by atoms with van der Waals surface area (Å²) in [6, 6.07) is 6.15. The molecule has 0 saturated heterocycles. The highest BCUT2D eigenvalue weighted by atomic mass is 19.1. The van der Waals surface area contributed by atoms with Crippen LogP contribution in [0.25, 0.3) is 0 Å². The number of aliphatic carboxylic acids is 1. The molecule has 3 nitrogen and oxygen atoms in total. The molecule has 1 aromatic rings. The van der Waals surface area contributed by atoms with E-state index in [4.69, 9.17) is 0 Å². The molecule has 1 rings (SSSR count). The van der Waals surface area contributed by atoms with Crippen molar-refractivity contribution in [3.05, 3.63) is 30.1 Å². The van der Waals surface area contributed by atoms with Crippen molar-refractivity contribution in [1.29, 1.82) is 0 Å². The topological polar surface area (TPSA) is 40.5 Å². The van der Waals surface area contributed by atoms with Crippen LogP contribution < -0.4 is 4.90 Å². The molecule has 4 heteroatoms. The number of halogens is 1. The summed E-state index contributed by atoms with van der Waals surface area (Å²) in [6.07, 6.45) is 0.530. The second-order valence-corrected chi connectivity index (χ2v) is 4.56. The summed E-state index contributed by atoms with van der Waals surface area (Å²) in [4.78, 5) is 12.9. The van der Waals surface area contributed by atoms with Crippen molar-refractivity contribution in [2.45, 2.75) is 20.3 Å². The number of rotatable bonds is 5. The van der Waals surface area contributed by atoms with Crippen LogP contribution in [-0.4, -0.2) is 24.7 Å². The lowest BCUT2D eigenvalue weighted by Crippen LogP contribution is -2.39. The van der Waals surface area contributed by atoms with Crippen LogP contribution in [0.2, 0.25) is 0 Å². The molecule has 0 radical (unpaired) electrons. The summed E-state index contributed by atoms with van der Waals surface area (Å²) in [5, 5.41) is 9.18. The number of carbonyl (C=O) groups is 1. The van der Waals surface area contributed by atoms with Crippen LogP contribution in [0.3, 0.4) is 0 Å². The van der Waals surface area contributed by atoms with Crippen molar-refractivity contribution in [3.8, 4) is 0 Å². The van der Waals surface area contributed by atoms with Crippen LogP contribution in [0.15, 0.2) is 24.3 Å². The van der Waals surface area contributed by atoms with Crippen molar-refractivity contribution in [1.82, 2.24) is 0 Å². The van der Waals surface area contributed by atoms with Gasteiger partial charge in [-0.15, -0.1) is 0 Å². The minimum absolute atomic E-state index is 0.317. The maximum atomic E-state index is 13.1. The molecule has 0 saturated carbocycles. The van der Waals surface area contributed by atoms with Crippen LogP contribution in [0.4, 0.5) is 10.1 Å². The van der Waals surface area contributed by atoms with Crippen molar-refractivity contribution in [3.63, 3.8) is 0 Å². The van der Waals surface area contributed by atoms with Crippen molar-refractivity contribution < 1.29 is 14.3 Å². The molecule has 1 aromatic carbocycles. The SMILES string of the molecule is CCC(C)(CN(C)c1cccc(F)c1)C(=O)O. The Morgan fingerprint density at radius 1 is 1.53 bits per heavy atom. The van der Waals surface area contributed by atoms with E-state index in [0.29, 0.717) is 18.7 Å². The fourth-order valence-electron chi connectivity index (χ4n) is 1.66. The van der Waals surface area contributed by atoms with Crippen LogP contribution in [-0.2, 0) is 4.79 Å². The molecule has 0 heterocycles. The first-order valence-electron chi connectivity index (χ1n) is 5.59. The van der Waals surface area contributed by atoms with Gasteiger partial charge in [-0.2, -0.15) is 0 Å². The molecule has 0 bridgehead atoms. The summed E-state index contributed by atoms with van der Waals surface area (Å²) in [6.45, 7) is 3.89. The zero-order chi connectivity index (χ0) is 13.1. The van der Waals surface area contributed by atoms with Gasteiger partial charge < -0.3 is 10.0 Å². The molecule has 0 aliphatic rings. The van der Waals surface area contributed by atoms with E-state index in [1.54, 1.807) is 31.0 Å². The van der Waals surface area contributed by atoms with E-state index < -0.39 is 11.4 Å². The molecule has 0 aliphatic carbocycles. The lowest BCUT2D eigenvalue weighted by Gasteiger charge is -2.30. The number of benzene rings is 1. The van der Waals surface area contributed by atoms with Gasteiger partial charge in [0.25, 0.3) is 0 Å². The van der Waals surface area contributed by atoms with Gasteiger partial charge in [-0.05, 0) is 31.5 Å². The zero-order valence-electron chi connectivity index (χ0n) is 10.4. The highest BCUT2D eigenvalue weighted by Gasteiger charge is 2.32. The molecule has 0 aliphatic heterocycles. The normalized spacial score (nSPS) is 14.1. The second kappa shape index (κ2) is 5.17. The van der Waals surface area contributed by atoms with E-state index in [2.05, 4.69) is 0 Å². The summed E-state index contributed by atoms with van der Waals surface area (Å²) < 4.78 is 13.1. The Hall–Kier alpha value is -1.58. The largest absolute Gasteiger partial charge is 0.481 e.